The molecule has 10 heteroatoms. The molecule has 0 fully saturated rings. The molecule has 3 heterocycles. The fourth-order valence-electron chi connectivity index (χ4n) is 2.28. The van der Waals surface area contributed by atoms with Crippen molar-refractivity contribution in [1.29, 1.82) is 0 Å². The topological polar surface area (TPSA) is 94.6 Å². The molecule has 0 aromatic carbocycles. The van der Waals surface area contributed by atoms with E-state index in [9.17, 15) is 8.78 Å². The van der Waals surface area contributed by atoms with Crippen LogP contribution >= 0.6 is 0 Å². The van der Waals surface area contributed by atoms with Gasteiger partial charge in [0.2, 0.25) is 5.82 Å². The third-order valence-corrected chi connectivity index (χ3v) is 3.54. The Balaban J connectivity index is 1.83. The van der Waals surface area contributed by atoms with E-state index in [4.69, 9.17) is 4.52 Å². The number of nitrogens with one attached hydrogen (secondary N) is 1. The molecule has 3 aromatic rings. The van der Waals surface area contributed by atoms with Gasteiger partial charge in [0.15, 0.2) is 0 Å². The van der Waals surface area contributed by atoms with Crippen molar-refractivity contribution in [1.82, 2.24) is 29.9 Å². The molecule has 0 bridgehead atoms. The van der Waals surface area contributed by atoms with Gasteiger partial charge in [-0.2, -0.15) is 10.1 Å². The Kier molecular flexibility index (Phi) is 4.68. The maximum absolute atomic E-state index is 12.2. The summed E-state index contributed by atoms with van der Waals surface area (Å²) >= 11 is 0. The molecule has 0 saturated heterocycles. The fraction of sp³-hybridized carbons (Fsp3) is 0.400. The molecule has 0 aliphatic rings. The smallest absolute Gasteiger partial charge is 0.276 e. The van der Waals surface area contributed by atoms with Gasteiger partial charge in [-0.15, -0.1) is 0 Å². The highest BCUT2D eigenvalue weighted by Crippen LogP contribution is 2.28. The number of hydrogen-bond donors (Lipinski definition) is 1. The average molecular weight is 349 g/mol. The van der Waals surface area contributed by atoms with Crippen molar-refractivity contribution in [2.24, 2.45) is 7.05 Å². The van der Waals surface area contributed by atoms with Crippen LogP contribution in [-0.2, 0) is 7.05 Å². The highest BCUT2D eigenvalue weighted by atomic mass is 19.3. The monoisotopic (exact) mass is 349 g/mol. The zero-order chi connectivity index (χ0) is 18.0. The molecule has 0 atom stereocenters. The van der Waals surface area contributed by atoms with Crippen LogP contribution in [0.4, 0.5) is 14.6 Å². The van der Waals surface area contributed by atoms with E-state index in [1.807, 2.05) is 13.8 Å². The van der Waals surface area contributed by atoms with E-state index in [1.165, 1.54) is 12.4 Å². The Hall–Kier alpha value is -2.91. The quantitative estimate of drug-likeness (QED) is 0.731. The number of halogens is 2. The minimum Gasteiger partial charge on any atom is -0.363 e. The zero-order valence-electron chi connectivity index (χ0n) is 13.9. The number of aromatic nitrogens is 6. The molecule has 3 aromatic heterocycles. The van der Waals surface area contributed by atoms with Gasteiger partial charge in [0.05, 0.1) is 25.1 Å². The second kappa shape index (κ2) is 6.91. The summed E-state index contributed by atoms with van der Waals surface area (Å²) in [7, 11) is 1.80. The first-order valence-corrected chi connectivity index (χ1v) is 7.66. The summed E-state index contributed by atoms with van der Waals surface area (Å²) in [5, 5.41) is 10.6. The normalized spacial score (nSPS) is 11.5. The second-order valence-corrected chi connectivity index (χ2v) is 5.71. The molecule has 0 aliphatic carbocycles. The molecular weight excluding hydrogens is 332 g/mol. The summed E-state index contributed by atoms with van der Waals surface area (Å²) in [4.78, 5) is 12.5. The molecule has 132 valence electrons. The molecule has 8 nitrogen and oxygen atoms in total. The minimum atomic E-state index is -2.46. The van der Waals surface area contributed by atoms with Crippen LogP contribution in [0.3, 0.4) is 0 Å². The summed E-state index contributed by atoms with van der Waals surface area (Å²) in [5.74, 6) is 1.10. The first kappa shape index (κ1) is 16.9. The summed E-state index contributed by atoms with van der Waals surface area (Å²) in [6, 6.07) is 0. The molecule has 0 unspecified atom stereocenters. The van der Waals surface area contributed by atoms with Crippen LogP contribution in [0.2, 0.25) is 0 Å². The number of alkyl halides is 2. The lowest BCUT2D eigenvalue weighted by molar-refractivity contribution is 0.163. The Bertz CT molecular complexity index is 842. The highest BCUT2D eigenvalue weighted by molar-refractivity contribution is 5.58. The van der Waals surface area contributed by atoms with Gasteiger partial charge in [0.25, 0.3) is 12.3 Å². The molecule has 3 rings (SSSR count). The molecule has 1 N–H and O–H groups in total. The maximum atomic E-state index is 12.2. The summed E-state index contributed by atoms with van der Waals surface area (Å²) in [5.41, 5.74) is 2.12. The molecule has 0 aliphatic heterocycles. The first-order valence-electron chi connectivity index (χ1n) is 7.66. The number of aryl methyl sites for hydroxylation is 1. The molecule has 25 heavy (non-hydrogen) atoms. The van der Waals surface area contributed by atoms with E-state index in [1.54, 1.807) is 17.9 Å². The molecular formula is C15H17F2N7O. The van der Waals surface area contributed by atoms with Crippen molar-refractivity contribution >= 4 is 5.82 Å². The third-order valence-electron chi connectivity index (χ3n) is 3.54. The SMILES string of the molecule is CC(C)c1cnn(C)c1-c1nc(-c2cnc(NCC(F)F)cn2)no1. The lowest BCUT2D eigenvalue weighted by Crippen LogP contribution is -2.11. The van der Waals surface area contributed by atoms with Gasteiger partial charge in [0.1, 0.15) is 17.2 Å². The zero-order valence-corrected chi connectivity index (χ0v) is 13.9. The van der Waals surface area contributed by atoms with Crippen LogP contribution in [0.5, 0.6) is 0 Å². The van der Waals surface area contributed by atoms with Gasteiger partial charge in [0, 0.05) is 12.6 Å². The fourth-order valence-corrected chi connectivity index (χ4v) is 2.28. The van der Waals surface area contributed by atoms with Crippen LogP contribution in [0.15, 0.2) is 23.1 Å². The van der Waals surface area contributed by atoms with Gasteiger partial charge in [-0.3, -0.25) is 4.68 Å². The van der Waals surface area contributed by atoms with Gasteiger partial charge < -0.3 is 9.84 Å². The van der Waals surface area contributed by atoms with Crippen LogP contribution in [0, 0.1) is 0 Å². The number of rotatable bonds is 6. The van der Waals surface area contributed by atoms with Gasteiger partial charge in [-0.05, 0) is 5.92 Å². The number of hydrogen-bond acceptors (Lipinski definition) is 7. The highest BCUT2D eigenvalue weighted by Gasteiger charge is 2.20. The standard InChI is InChI=1S/C15H17F2N7O/c1-8(2)9-4-21-24(3)13(9)15-22-14(23-25-15)10-5-19-12(7-18-10)20-6-11(16)17/h4-5,7-8,11H,6H2,1-3H3,(H,19,20). The predicted molar refractivity (Wildman–Crippen MR) is 86.1 cm³/mol. The van der Waals surface area contributed by atoms with Crippen molar-refractivity contribution in [3.8, 4) is 23.1 Å². The van der Waals surface area contributed by atoms with Crippen LogP contribution in [0.25, 0.3) is 23.1 Å². The lowest BCUT2D eigenvalue weighted by Gasteiger charge is -2.04. The Morgan fingerprint density at radius 3 is 2.64 bits per heavy atom. The lowest BCUT2D eigenvalue weighted by atomic mass is 10.0. The average Bonchev–Trinajstić information content (AvgIpc) is 3.19. The van der Waals surface area contributed by atoms with Crippen molar-refractivity contribution in [2.75, 3.05) is 11.9 Å². The summed E-state index contributed by atoms with van der Waals surface area (Å²) < 4.78 is 31.4. The maximum Gasteiger partial charge on any atom is 0.276 e. The molecule has 0 saturated carbocycles. The minimum absolute atomic E-state index is 0.249. The van der Waals surface area contributed by atoms with E-state index >= 15 is 0 Å². The third kappa shape index (κ3) is 3.62. The van der Waals surface area contributed by atoms with Crippen molar-refractivity contribution in [2.45, 2.75) is 26.2 Å². The van der Waals surface area contributed by atoms with E-state index in [0.29, 0.717) is 11.6 Å². The van der Waals surface area contributed by atoms with Gasteiger partial charge in [-0.25, -0.2) is 18.7 Å². The van der Waals surface area contributed by atoms with Crippen LogP contribution < -0.4 is 5.32 Å². The number of anilines is 1. The Morgan fingerprint density at radius 2 is 2.00 bits per heavy atom. The molecule has 0 radical (unpaired) electrons. The Morgan fingerprint density at radius 1 is 1.20 bits per heavy atom. The van der Waals surface area contributed by atoms with E-state index in [0.717, 1.165) is 11.3 Å². The summed E-state index contributed by atoms with van der Waals surface area (Å²) in [6.45, 7) is 3.61. The van der Waals surface area contributed by atoms with E-state index < -0.39 is 13.0 Å². The van der Waals surface area contributed by atoms with Gasteiger partial charge >= 0.3 is 0 Å². The van der Waals surface area contributed by atoms with Gasteiger partial charge in [-0.1, -0.05) is 19.0 Å². The van der Waals surface area contributed by atoms with Crippen molar-refractivity contribution < 1.29 is 13.3 Å². The second-order valence-electron chi connectivity index (χ2n) is 5.71. The summed E-state index contributed by atoms with van der Waals surface area (Å²) in [6.07, 6.45) is 2.05. The van der Waals surface area contributed by atoms with Crippen LogP contribution in [0.1, 0.15) is 25.3 Å². The molecule has 0 amide bonds. The number of nitrogens with zero attached hydrogens (tertiary/aromatic N) is 6. The van der Waals surface area contributed by atoms with Crippen LogP contribution in [-0.4, -0.2) is 42.9 Å². The molecule has 0 spiro atoms. The first-order chi connectivity index (χ1) is 12.0. The van der Waals surface area contributed by atoms with E-state index in [2.05, 4.69) is 30.5 Å². The Labute approximate surface area is 142 Å². The predicted octanol–water partition coefficient (Wildman–Crippen LogP) is 2.73. The van der Waals surface area contributed by atoms with Crippen molar-refractivity contribution in [3.05, 3.63) is 24.2 Å². The van der Waals surface area contributed by atoms with E-state index in [-0.39, 0.29) is 17.6 Å². The largest absolute Gasteiger partial charge is 0.363 e. The van der Waals surface area contributed by atoms with Crippen molar-refractivity contribution in [3.63, 3.8) is 0 Å².